The van der Waals surface area contributed by atoms with E-state index in [1.165, 1.54) is 11.8 Å². The second kappa shape index (κ2) is 6.84. The summed E-state index contributed by atoms with van der Waals surface area (Å²) in [5, 5.41) is 16.9. The molecule has 1 aromatic carbocycles. The Morgan fingerprint density at radius 2 is 2.14 bits per heavy atom. The zero-order chi connectivity index (χ0) is 16.1. The highest BCUT2D eigenvalue weighted by Crippen LogP contribution is 2.17. The monoisotopic (exact) mass is 303 g/mol. The first-order valence-electron chi connectivity index (χ1n) is 6.95. The van der Waals surface area contributed by atoms with Crippen LogP contribution in [0.3, 0.4) is 0 Å². The summed E-state index contributed by atoms with van der Waals surface area (Å²) in [7, 11) is 1.31. The summed E-state index contributed by atoms with van der Waals surface area (Å²) in [5.74, 6) is -1.57. The fraction of sp³-hybridized carbons (Fsp3) is 0.333. The second-order valence-electron chi connectivity index (χ2n) is 4.75. The number of esters is 1. The van der Waals surface area contributed by atoms with Crippen molar-refractivity contribution in [2.24, 2.45) is 0 Å². The largest absolute Gasteiger partial charge is 0.476 e. The first kappa shape index (κ1) is 15.7. The van der Waals surface area contributed by atoms with E-state index in [4.69, 9.17) is 0 Å². The van der Waals surface area contributed by atoms with Gasteiger partial charge in [0, 0.05) is 0 Å². The van der Waals surface area contributed by atoms with Gasteiger partial charge in [-0.2, -0.15) is 0 Å². The Labute approximate surface area is 127 Å². The highest BCUT2D eigenvalue weighted by molar-refractivity contribution is 5.90. The maximum atomic E-state index is 11.6. The summed E-state index contributed by atoms with van der Waals surface area (Å²) in [4.78, 5) is 22.9. The normalized spacial score (nSPS) is 10.5. The lowest BCUT2D eigenvalue weighted by Crippen LogP contribution is -2.08. The van der Waals surface area contributed by atoms with Crippen LogP contribution < -0.4 is 0 Å². The van der Waals surface area contributed by atoms with E-state index in [2.05, 4.69) is 15.0 Å². The number of aromatic carboxylic acids is 1. The quantitative estimate of drug-likeness (QED) is 0.821. The molecule has 0 bridgehead atoms. The van der Waals surface area contributed by atoms with Gasteiger partial charge in [-0.15, -0.1) is 5.10 Å². The van der Waals surface area contributed by atoms with Crippen LogP contribution in [0.5, 0.6) is 0 Å². The molecule has 0 radical (unpaired) electrons. The van der Waals surface area contributed by atoms with Gasteiger partial charge in [0.1, 0.15) is 0 Å². The molecule has 0 fully saturated rings. The Morgan fingerprint density at radius 1 is 1.36 bits per heavy atom. The molecular weight excluding hydrogens is 286 g/mol. The van der Waals surface area contributed by atoms with Crippen LogP contribution in [-0.4, -0.2) is 39.1 Å². The molecule has 0 spiro atoms. The number of aromatic nitrogens is 3. The SMILES string of the molecule is CCCCc1c(C(=O)O)nnn1-c1cccc(C(=O)OC)c1. The maximum absolute atomic E-state index is 11.6. The lowest BCUT2D eigenvalue weighted by Gasteiger charge is -2.08. The molecule has 7 nitrogen and oxygen atoms in total. The molecule has 0 unspecified atom stereocenters. The van der Waals surface area contributed by atoms with Crippen molar-refractivity contribution in [3.05, 3.63) is 41.2 Å². The Kier molecular flexibility index (Phi) is 4.88. The summed E-state index contributed by atoms with van der Waals surface area (Å²) in [6.45, 7) is 2.02. The number of rotatable bonds is 6. The Hall–Kier alpha value is -2.70. The lowest BCUT2D eigenvalue weighted by atomic mass is 10.1. The zero-order valence-electron chi connectivity index (χ0n) is 12.4. The highest BCUT2D eigenvalue weighted by Gasteiger charge is 2.20. The van der Waals surface area contributed by atoms with Crippen molar-refractivity contribution < 1.29 is 19.4 Å². The average molecular weight is 303 g/mol. The fourth-order valence-corrected chi connectivity index (χ4v) is 2.13. The van der Waals surface area contributed by atoms with Crippen LogP contribution in [0.25, 0.3) is 5.69 Å². The Balaban J connectivity index is 2.48. The molecule has 1 N–H and O–H groups in total. The molecule has 0 aliphatic rings. The van der Waals surface area contributed by atoms with E-state index in [0.29, 0.717) is 23.4 Å². The van der Waals surface area contributed by atoms with E-state index in [1.54, 1.807) is 24.3 Å². The number of nitrogens with zero attached hydrogens (tertiary/aromatic N) is 3. The molecule has 0 amide bonds. The van der Waals surface area contributed by atoms with Crippen LogP contribution in [-0.2, 0) is 11.2 Å². The predicted molar refractivity (Wildman–Crippen MR) is 78.3 cm³/mol. The van der Waals surface area contributed by atoms with Gasteiger partial charge in [0.25, 0.3) is 0 Å². The number of carboxylic acid groups (broad SMARTS) is 1. The Bertz CT molecular complexity index is 694. The number of carbonyl (C=O) groups excluding carboxylic acids is 1. The molecule has 0 aliphatic heterocycles. The summed E-state index contributed by atoms with van der Waals surface area (Å²) in [6.07, 6.45) is 2.30. The van der Waals surface area contributed by atoms with Crippen molar-refractivity contribution in [1.82, 2.24) is 15.0 Å². The van der Waals surface area contributed by atoms with Gasteiger partial charge in [-0.25, -0.2) is 14.3 Å². The van der Waals surface area contributed by atoms with E-state index in [0.717, 1.165) is 12.8 Å². The topological polar surface area (TPSA) is 94.3 Å². The molecule has 7 heteroatoms. The van der Waals surface area contributed by atoms with Gasteiger partial charge in [0.15, 0.2) is 5.69 Å². The van der Waals surface area contributed by atoms with E-state index in [-0.39, 0.29) is 5.69 Å². The van der Waals surface area contributed by atoms with Gasteiger partial charge in [0.05, 0.1) is 24.1 Å². The van der Waals surface area contributed by atoms with Crippen molar-refractivity contribution in [3.63, 3.8) is 0 Å². The number of unbranched alkanes of at least 4 members (excludes halogenated alkanes) is 1. The molecule has 0 saturated carbocycles. The minimum absolute atomic E-state index is 0.0584. The van der Waals surface area contributed by atoms with E-state index < -0.39 is 11.9 Å². The first-order valence-corrected chi connectivity index (χ1v) is 6.95. The third kappa shape index (κ3) is 3.13. The molecule has 116 valence electrons. The number of benzene rings is 1. The lowest BCUT2D eigenvalue weighted by molar-refractivity contribution is 0.0599. The van der Waals surface area contributed by atoms with Gasteiger partial charge >= 0.3 is 11.9 Å². The summed E-state index contributed by atoms with van der Waals surface area (Å²) in [6, 6.07) is 6.65. The van der Waals surface area contributed by atoms with Crippen molar-refractivity contribution in [2.75, 3.05) is 7.11 Å². The van der Waals surface area contributed by atoms with Gasteiger partial charge < -0.3 is 9.84 Å². The predicted octanol–water partition coefficient (Wildman–Crippen LogP) is 2.09. The molecular formula is C15H17N3O4. The molecule has 22 heavy (non-hydrogen) atoms. The average Bonchev–Trinajstić information content (AvgIpc) is 2.96. The highest BCUT2D eigenvalue weighted by atomic mass is 16.5. The van der Waals surface area contributed by atoms with Crippen molar-refractivity contribution in [3.8, 4) is 5.69 Å². The second-order valence-corrected chi connectivity index (χ2v) is 4.75. The number of carbonyl (C=O) groups is 2. The smallest absolute Gasteiger partial charge is 0.358 e. The van der Waals surface area contributed by atoms with E-state index >= 15 is 0 Å². The molecule has 0 saturated heterocycles. The molecule has 2 aromatic rings. The van der Waals surface area contributed by atoms with Gasteiger partial charge in [-0.1, -0.05) is 24.6 Å². The van der Waals surface area contributed by atoms with Crippen molar-refractivity contribution in [2.45, 2.75) is 26.2 Å². The van der Waals surface area contributed by atoms with Crippen LogP contribution in [0.4, 0.5) is 0 Å². The minimum atomic E-state index is -1.11. The third-order valence-corrected chi connectivity index (χ3v) is 3.24. The number of ether oxygens (including phenoxy) is 1. The first-order chi connectivity index (χ1) is 10.6. The van der Waals surface area contributed by atoms with Gasteiger partial charge in [0.2, 0.25) is 0 Å². The van der Waals surface area contributed by atoms with E-state index in [1.807, 2.05) is 6.92 Å². The number of hydrogen-bond acceptors (Lipinski definition) is 5. The fourth-order valence-electron chi connectivity index (χ4n) is 2.13. The van der Waals surface area contributed by atoms with Crippen LogP contribution in [0.2, 0.25) is 0 Å². The van der Waals surface area contributed by atoms with Crippen LogP contribution in [0.1, 0.15) is 46.3 Å². The maximum Gasteiger partial charge on any atom is 0.358 e. The molecule has 2 rings (SSSR count). The minimum Gasteiger partial charge on any atom is -0.476 e. The van der Waals surface area contributed by atoms with Crippen LogP contribution >= 0.6 is 0 Å². The van der Waals surface area contributed by atoms with Crippen LogP contribution in [0, 0.1) is 0 Å². The standard InChI is InChI=1S/C15H17N3O4/c1-3-4-8-12-13(14(19)20)16-17-18(12)11-7-5-6-10(9-11)15(21)22-2/h5-7,9H,3-4,8H2,1-2H3,(H,19,20). The van der Waals surface area contributed by atoms with Crippen LogP contribution in [0.15, 0.2) is 24.3 Å². The van der Waals surface area contributed by atoms with Crippen molar-refractivity contribution in [1.29, 1.82) is 0 Å². The van der Waals surface area contributed by atoms with E-state index in [9.17, 15) is 14.7 Å². The molecule has 0 atom stereocenters. The number of carboxylic acids is 1. The number of methoxy groups -OCH3 is 1. The molecule has 1 aromatic heterocycles. The van der Waals surface area contributed by atoms with Gasteiger partial charge in [-0.3, -0.25) is 0 Å². The van der Waals surface area contributed by atoms with Crippen molar-refractivity contribution >= 4 is 11.9 Å². The molecule has 1 heterocycles. The summed E-state index contributed by atoms with van der Waals surface area (Å²) >= 11 is 0. The molecule has 0 aliphatic carbocycles. The summed E-state index contributed by atoms with van der Waals surface area (Å²) < 4.78 is 6.15. The Morgan fingerprint density at radius 3 is 2.77 bits per heavy atom. The van der Waals surface area contributed by atoms with Gasteiger partial charge in [-0.05, 0) is 31.0 Å². The number of hydrogen-bond donors (Lipinski definition) is 1. The third-order valence-electron chi connectivity index (χ3n) is 3.24. The zero-order valence-corrected chi connectivity index (χ0v) is 12.4. The summed E-state index contributed by atoms with van der Waals surface area (Å²) in [5.41, 5.74) is 1.41.